The normalized spacial score (nSPS) is 11.8. The van der Waals surface area contributed by atoms with E-state index in [0.29, 0.717) is 24.0 Å². The number of aromatic nitrogens is 1. The quantitative estimate of drug-likeness (QED) is 0.339. The molecule has 1 amide bonds. The molecule has 0 bridgehead atoms. The predicted octanol–water partition coefficient (Wildman–Crippen LogP) is 4.62. The second kappa shape index (κ2) is 12.3. The molecular weight excluding hydrogens is 470 g/mol. The lowest BCUT2D eigenvalue weighted by Gasteiger charge is -2.24. The highest BCUT2D eigenvalue weighted by atomic mass is 32.2. The average Bonchev–Trinajstić information content (AvgIpc) is 3.27. The Balaban J connectivity index is 1.78. The number of rotatable bonds is 13. The summed E-state index contributed by atoms with van der Waals surface area (Å²) in [4.78, 5) is 22.3. The van der Waals surface area contributed by atoms with Crippen molar-refractivity contribution in [2.75, 3.05) is 43.4 Å². The number of nitrogens with zero attached hydrogens (tertiary/aromatic N) is 3. The van der Waals surface area contributed by atoms with E-state index in [-0.39, 0.29) is 29.4 Å². The highest BCUT2D eigenvalue weighted by molar-refractivity contribution is 7.91. The van der Waals surface area contributed by atoms with Crippen LogP contribution in [0.2, 0.25) is 0 Å². The lowest BCUT2D eigenvalue weighted by molar-refractivity contribution is -0.118. The molecule has 0 N–H and O–H groups in total. The van der Waals surface area contributed by atoms with Crippen LogP contribution in [-0.4, -0.2) is 62.7 Å². The van der Waals surface area contributed by atoms with Gasteiger partial charge >= 0.3 is 0 Å². The van der Waals surface area contributed by atoms with Crippen molar-refractivity contribution in [1.29, 1.82) is 0 Å². The topological polar surface area (TPSA) is 79.8 Å². The Morgan fingerprint density at radius 3 is 2.41 bits per heavy atom. The number of sulfone groups is 1. The zero-order valence-electron chi connectivity index (χ0n) is 20.1. The van der Waals surface area contributed by atoms with Gasteiger partial charge in [0.15, 0.2) is 15.0 Å². The van der Waals surface area contributed by atoms with E-state index in [0.717, 1.165) is 29.9 Å². The summed E-state index contributed by atoms with van der Waals surface area (Å²) in [6.07, 6.45) is 0.394. The third-order valence-electron chi connectivity index (χ3n) is 5.64. The Kier molecular flexibility index (Phi) is 9.44. The number of benzene rings is 2. The number of hydrogen-bond donors (Lipinski definition) is 0. The first-order valence-electron chi connectivity index (χ1n) is 11.7. The molecular formula is C25H33N3O4S2. The lowest BCUT2D eigenvalue weighted by atomic mass is 10.3. The van der Waals surface area contributed by atoms with E-state index in [1.807, 2.05) is 25.1 Å². The highest BCUT2D eigenvalue weighted by Crippen LogP contribution is 2.34. The maximum atomic E-state index is 13.3. The van der Waals surface area contributed by atoms with Crippen molar-refractivity contribution >= 4 is 42.4 Å². The van der Waals surface area contributed by atoms with Gasteiger partial charge in [-0.25, -0.2) is 13.4 Å². The van der Waals surface area contributed by atoms with Crippen LogP contribution in [0.3, 0.4) is 0 Å². The van der Waals surface area contributed by atoms with Gasteiger partial charge in [-0.3, -0.25) is 9.69 Å². The van der Waals surface area contributed by atoms with Crippen molar-refractivity contribution in [3.63, 3.8) is 0 Å². The molecule has 2 aromatic carbocycles. The van der Waals surface area contributed by atoms with E-state index in [9.17, 15) is 13.2 Å². The second-order valence-electron chi connectivity index (χ2n) is 7.84. The van der Waals surface area contributed by atoms with E-state index in [2.05, 4.69) is 18.7 Å². The van der Waals surface area contributed by atoms with Crippen LogP contribution in [0.25, 0.3) is 10.2 Å². The van der Waals surface area contributed by atoms with Crippen molar-refractivity contribution in [1.82, 2.24) is 9.88 Å². The Labute approximate surface area is 206 Å². The van der Waals surface area contributed by atoms with E-state index >= 15 is 0 Å². The molecule has 1 heterocycles. The fraction of sp³-hybridized carbons (Fsp3) is 0.440. The zero-order valence-corrected chi connectivity index (χ0v) is 21.7. The third-order valence-corrected chi connectivity index (χ3v) is 8.50. The van der Waals surface area contributed by atoms with Crippen LogP contribution in [0.4, 0.5) is 5.13 Å². The first-order chi connectivity index (χ1) is 16.4. The van der Waals surface area contributed by atoms with Gasteiger partial charge in [-0.05, 0) is 50.7 Å². The maximum absolute atomic E-state index is 13.3. The van der Waals surface area contributed by atoms with Crippen LogP contribution < -0.4 is 9.64 Å². The molecule has 0 unspecified atom stereocenters. The van der Waals surface area contributed by atoms with Crippen molar-refractivity contribution in [2.24, 2.45) is 0 Å². The standard InChI is InChI=1S/C25H33N3O4S2/c1-4-27(5-2)17-18-28(25-26-24-21(32-6-3)14-10-15-22(24)33-25)23(29)16-11-19-34(30,31)20-12-8-7-9-13-20/h7-10,12-15H,4-6,11,16-19H2,1-3H3. The summed E-state index contributed by atoms with van der Waals surface area (Å²) in [6, 6.07) is 14.1. The zero-order chi connectivity index (χ0) is 24.6. The van der Waals surface area contributed by atoms with Gasteiger partial charge in [0.2, 0.25) is 5.91 Å². The first kappa shape index (κ1) is 26.1. The van der Waals surface area contributed by atoms with Crippen molar-refractivity contribution in [3.8, 4) is 5.75 Å². The van der Waals surface area contributed by atoms with Gasteiger partial charge in [0.25, 0.3) is 0 Å². The van der Waals surface area contributed by atoms with Crippen LogP contribution in [0.15, 0.2) is 53.4 Å². The van der Waals surface area contributed by atoms with Crippen molar-refractivity contribution in [3.05, 3.63) is 48.5 Å². The highest BCUT2D eigenvalue weighted by Gasteiger charge is 2.22. The summed E-state index contributed by atoms with van der Waals surface area (Å²) in [7, 11) is -3.42. The average molecular weight is 504 g/mol. The number of amides is 1. The molecule has 0 aliphatic rings. The molecule has 0 saturated carbocycles. The fourth-order valence-electron chi connectivity index (χ4n) is 3.70. The van der Waals surface area contributed by atoms with Crippen LogP contribution in [-0.2, 0) is 14.6 Å². The SMILES string of the molecule is CCOc1cccc2sc(N(CCN(CC)CC)C(=O)CCCS(=O)(=O)c3ccccc3)nc12. The summed E-state index contributed by atoms with van der Waals surface area (Å²) >= 11 is 1.45. The molecule has 184 valence electrons. The number of carbonyl (C=O) groups excluding carboxylic acids is 1. The van der Waals surface area contributed by atoms with Gasteiger partial charge in [-0.1, -0.05) is 49.4 Å². The monoisotopic (exact) mass is 503 g/mol. The number of para-hydroxylation sites is 1. The molecule has 0 atom stereocenters. The maximum Gasteiger partial charge on any atom is 0.228 e. The molecule has 3 rings (SSSR count). The van der Waals surface area contributed by atoms with E-state index in [4.69, 9.17) is 9.72 Å². The molecule has 0 fully saturated rings. The predicted molar refractivity (Wildman–Crippen MR) is 139 cm³/mol. The summed E-state index contributed by atoms with van der Waals surface area (Å²) < 4.78 is 31.9. The Morgan fingerprint density at radius 2 is 1.74 bits per heavy atom. The summed E-state index contributed by atoms with van der Waals surface area (Å²) in [5.74, 6) is 0.515. The van der Waals surface area contributed by atoms with Gasteiger partial charge < -0.3 is 9.64 Å². The number of anilines is 1. The number of fused-ring (bicyclic) bond motifs is 1. The smallest absolute Gasteiger partial charge is 0.228 e. The first-order valence-corrected chi connectivity index (χ1v) is 14.2. The molecule has 0 saturated heterocycles. The van der Waals surface area contributed by atoms with Crippen LogP contribution in [0, 0.1) is 0 Å². The number of hydrogen-bond acceptors (Lipinski definition) is 7. The molecule has 0 radical (unpaired) electrons. The van der Waals surface area contributed by atoms with Gasteiger partial charge in [-0.2, -0.15) is 0 Å². The number of likely N-dealkylation sites (N-methyl/N-ethyl adjacent to an activating group) is 1. The van der Waals surface area contributed by atoms with Crippen molar-refractivity contribution in [2.45, 2.75) is 38.5 Å². The summed E-state index contributed by atoms with van der Waals surface area (Å²) in [6.45, 7) is 9.64. The number of thiazole rings is 1. The number of ether oxygens (including phenoxy) is 1. The fourth-order valence-corrected chi connectivity index (χ4v) is 6.06. The molecule has 34 heavy (non-hydrogen) atoms. The van der Waals surface area contributed by atoms with E-state index < -0.39 is 9.84 Å². The molecule has 0 aliphatic carbocycles. The lowest BCUT2D eigenvalue weighted by Crippen LogP contribution is -2.38. The molecule has 3 aromatic rings. The third kappa shape index (κ3) is 6.55. The molecule has 1 aromatic heterocycles. The molecule has 0 spiro atoms. The molecule has 9 heteroatoms. The largest absolute Gasteiger partial charge is 0.492 e. The van der Waals surface area contributed by atoms with Crippen LogP contribution in [0.1, 0.15) is 33.6 Å². The minimum absolute atomic E-state index is 0.0685. The molecule has 7 nitrogen and oxygen atoms in total. The minimum atomic E-state index is -3.42. The van der Waals surface area contributed by atoms with Crippen molar-refractivity contribution < 1.29 is 17.9 Å². The Morgan fingerprint density at radius 1 is 1.00 bits per heavy atom. The summed E-state index contributed by atoms with van der Waals surface area (Å²) in [5, 5.41) is 0.616. The van der Waals surface area contributed by atoms with Crippen LogP contribution in [0.5, 0.6) is 5.75 Å². The van der Waals surface area contributed by atoms with E-state index in [1.54, 1.807) is 35.2 Å². The number of carbonyl (C=O) groups is 1. The van der Waals surface area contributed by atoms with Gasteiger partial charge in [-0.15, -0.1) is 0 Å². The van der Waals surface area contributed by atoms with Gasteiger partial charge in [0, 0.05) is 19.5 Å². The minimum Gasteiger partial charge on any atom is -0.492 e. The summed E-state index contributed by atoms with van der Waals surface area (Å²) in [5.41, 5.74) is 0.747. The Bertz CT molecular complexity index is 1180. The van der Waals surface area contributed by atoms with E-state index in [1.165, 1.54) is 11.3 Å². The second-order valence-corrected chi connectivity index (χ2v) is 11.0. The molecule has 0 aliphatic heterocycles. The van der Waals surface area contributed by atoms with Crippen LogP contribution >= 0.6 is 11.3 Å². The Hall–Kier alpha value is -2.49. The van der Waals surface area contributed by atoms with Gasteiger partial charge in [0.05, 0.1) is 22.0 Å². The van der Waals surface area contributed by atoms with Gasteiger partial charge in [0.1, 0.15) is 11.3 Å².